The zero-order chi connectivity index (χ0) is 20.6. The van der Waals surface area contributed by atoms with Gasteiger partial charge < -0.3 is 14.4 Å². The van der Waals surface area contributed by atoms with Crippen molar-refractivity contribution >= 4 is 16.8 Å². The molecule has 152 valence electrons. The van der Waals surface area contributed by atoms with E-state index in [1.807, 2.05) is 68.9 Å². The third kappa shape index (κ3) is 4.31. The van der Waals surface area contributed by atoms with Gasteiger partial charge in [0.05, 0.1) is 42.2 Å². The molecule has 1 atom stereocenters. The Morgan fingerprint density at radius 3 is 2.79 bits per heavy atom. The van der Waals surface area contributed by atoms with Crippen LogP contribution in [-0.4, -0.2) is 50.6 Å². The molecule has 3 heterocycles. The first-order valence-corrected chi connectivity index (χ1v) is 9.76. The lowest BCUT2D eigenvalue weighted by Crippen LogP contribution is -2.39. The number of aromatic nitrogens is 3. The summed E-state index contributed by atoms with van der Waals surface area (Å²) in [6, 6.07) is 11.7. The second-order valence-electron chi connectivity index (χ2n) is 7.95. The molecule has 1 amide bonds. The zero-order valence-corrected chi connectivity index (χ0v) is 17.3. The maximum absolute atomic E-state index is 13.4. The number of rotatable bonds is 5. The molecule has 0 N–H and O–H groups in total. The number of carbonyl (C=O) groups is 1. The highest BCUT2D eigenvalue weighted by molar-refractivity contribution is 5.97. The maximum atomic E-state index is 13.4. The molecule has 0 spiro atoms. The molecule has 1 aliphatic heterocycles. The summed E-state index contributed by atoms with van der Waals surface area (Å²) in [6.07, 6.45) is 1.46. The Morgan fingerprint density at radius 1 is 1.31 bits per heavy atom. The number of carbonyl (C=O) groups excluding carboxylic acids is 1. The number of para-hydroxylation sites is 1. The Labute approximate surface area is 170 Å². The third-order valence-electron chi connectivity index (χ3n) is 5.07. The van der Waals surface area contributed by atoms with E-state index in [2.05, 4.69) is 10.1 Å². The van der Waals surface area contributed by atoms with Gasteiger partial charge in [-0.2, -0.15) is 5.10 Å². The van der Waals surface area contributed by atoms with Gasteiger partial charge in [0, 0.05) is 18.6 Å². The third-order valence-corrected chi connectivity index (χ3v) is 5.07. The summed E-state index contributed by atoms with van der Waals surface area (Å²) in [5.74, 6) is -0.720. The van der Waals surface area contributed by atoms with Crippen LogP contribution < -0.4 is 0 Å². The molecule has 0 saturated carbocycles. The minimum absolute atomic E-state index is 0.0876. The fourth-order valence-electron chi connectivity index (χ4n) is 3.70. The van der Waals surface area contributed by atoms with Crippen LogP contribution in [0.3, 0.4) is 0 Å². The number of nitrogens with zero attached hydrogens (tertiary/aromatic N) is 4. The van der Waals surface area contributed by atoms with Gasteiger partial charge >= 0.3 is 0 Å². The summed E-state index contributed by atoms with van der Waals surface area (Å²) in [6.45, 7) is 7.03. The second kappa shape index (κ2) is 7.57. The van der Waals surface area contributed by atoms with E-state index in [4.69, 9.17) is 9.47 Å². The first kappa shape index (κ1) is 19.5. The maximum Gasteiger partial charge on any atom is 0.255 e. The summed E-state index contributed by atoms with van der Waals surface area (Å²) in [7, 11) is 1.89. The van der Waals surface area contributed by atoms with Crippen LogP contribution >= 0.6 is 0 Å². The molecule has 29 heavy (non-hydrogen) atoms. The Bertz CT molecular complexity index is 1040. The lowest BCUT2D eigenvalue weighted by Gasteiger charge is -2.26. The molecule has 7 nitrogen and oxygen atoms in total. The van der Waals surface area contributed by atoms with Crippen molar-refractivity contribution in [2.75, 3.05) is 13.2 Å². The predicted molar refractivity (Wildman–Crippen MR) is 109 cm³/mol. The molecule has 0 aliphatic carbocycles. The summed E-state index contributed by atoms with van der Waals surface area (Å²) < 4.78 is 13.4. The van der Waals surface area contributed by atoms with E-state index in [-0.39, 0.29) is 12.0 Å². The minimum Gasteiger partial charge on any atom is -0.348 e. The predicted octanol–water partition coefficient (Wildman–Crippen LogP) is 3.07. The van der Waals surface area contributed by atoms with E-state index in [1.165, 1.54) is 0 Å². The fraction of sp³-hybridized carbons (Fsp3) is 0.409. The van der Waals surface area contributed by atoms with Crippen LogP contribution in [0.25, 0.3) is 10.9 Å². The van der Waals surface area contributed by atoms with E-state index in [0.717, 1.165) is 22.3 Å². The largest absolute Gasteiger partial charge is 0.348 e. The molecular weight excluding hydrogens is 368 g/mol. The van der Waals surface area contributed by atoms with Gasteiger partial charge in [-0.15, -0.1) is 0 Å². The first-order valence-electron chi connectivity index (χ1n) is 9.76. The zero-order valence-electron chi connectivity index (χ0n) is 17.3. The fourth-order valence-corrected chi connectivity index (χ4v) is 3.70. The van der Waals surface area contributed by atoms with Crippen molar-refractivity contribution in [3.63, 3.8) is 0 Å². The summed E-state index contributed by atoms with van der Waals surface area (Å²) in [5, 5.41) is 5.34. The molecular formula is C22H26N4O3. The standard InChI is InChI=1S/C22H26N4O3/c1-15-9-18(25(4)24-15)12-26(13-19-14-28-22(2,3)29-19)21(27)17-10-16-7-5-6-8-20(16)23-11-17/h5-11,19H,12-14H2,1-4H3/t19-/m1/s1. The molecule has 1 aliphatic rings. The van der Waals surface area contributed by atoms with E-state index in [9.17, 15) is 4.79 Å². The van der Waals surface area contributed by atoms with Crippen LogP contribution in [0.5, 0.6) is 0 Å². The van der Waals surface area contributed by atoms with E-state index in [0.29, 0.717) is 25.3 Å². The second-order valence-corrected chi connectivity index (χ2v) is 7.95. The van der Waals surface area contributed by atoms with Gasteiger partial charge in [-0.25, -0.2) is 0 Å². The van der Waals surface area contributed by atoms with Gasteiger partial charge in [-0.1, -0.05) is 18.2 Å². The van der Waals surface area contributed by atoms with Crippen molar-refractivity contribution in [3.05, 3.63) is 59.5 Å². The van der Waals surface area contributed by atoms with Gasteiger partial charge in [-0.3, -0.25) is 14.5 Å². The number of fused-ring (bicyclic) bond motifs is 1. The normalized spacial score (nSPS) is 18.3. The summed E-state index contributed by atoms with van der Waals surface area (Å²) >= 11 is 0. The Hall–Kier alpha value is -2.77. The minimum atomic E-state index is -0.632. The molecule has 1 fully saturated rings. The van der Waals surface area contributed by atoms with Gasteiger partial charge in [0.1, 0.15) is 6.10 Å². The highest BCUT2D eigenvalue weighted by Gasteiger charge is 2.35. The van der Waals surface area contributed by atoms with Crippen molar-refractivity contribution in [2.45, 2.75) is 39.2 Å². The topological polar surface area (TPSA) is 69.5 Å². The molecule has 7 heteroatoms. The first-order chi connectivity index (χ1) is 13.8. The number of ether oxygens (including phenoxy) is 2. The molecule has 1 aromatic carbocycles. The van der Waals surface area contributed by atoms with Crippen molar-refractivity contribution in [2.24, 2.45) is 7.05 Å². The monoisotopic (exact) mass is 394 g/mol. The van der Waals surface area contributed by atoms with Gasteiger partial charge in [0.2, 0.25) is 0 Å². The molecule has 0 bridgehead atoms. The number of benzene rings is 1. The lowest BCUT2D eigenvalue weighted by atomic mass is 10.1. The van der Waals surface area contributed by atoms with E-state index in [1.54, 1.807) is 11.1 Å². The van der Waals surface area contributed by atoms with E-state index < -0.39 is 5.79 Å². The summed E-state index contributed by atoms with van der Waals surface area (Å²) in [5.41, 5.74) is 3.31. The number of aryl methyl sites for hydroxylation is 2. The number of amides is 1. The lowest BCUT2D eigenvalue weighted by molar-refractivity contribution is -0.139. The average molecular weight is 394 g/mol. The van der Waals surface area contributed by atoms with Crippen LogP contribution in [0.2, 0.25) is 0 Å². The highest BCUT2D eigenvalue weighted by atomic mass is 16.7. The number of hydrogen-bond donors (Lipinski definition) is 0. The van der Waals surface area contributed by atoms with Crippen LogP contribution in [0.15, 0.2) is 42.6 Å². The summed E-state index contributed by atoms with van der Waals surface area (Å²) in [4.78, 5) is 19.7. The van der Waals surface area contributed by atoms with Crippen molar-refractivity contribution in [1.82, 2.24) is 19.7 Å². The van der Waals surface area contributed by atoms with Crippen LogP contribution in [-0.2, 0) is 23.1 Å². The quantitative estimate of drug-likeness (QED) is 0.665. The molecule has 1 saturated heterocycles. The Balaban J connectivity index is 1.62. The number of pyridine rings is 1. The molecule has 3 aromatic rings. The van der Waals surface area contributed by atoms with Crippen LogP contribution in [0.4, 0.5) is 0 Å². The SMILES string of the molecule is Cc1cc(CN(C[C@@H]2COC(C)(C)O2)C(=O)c2cnc3ccccc3c2)n(C)n1. The molecule has 2 aromatic heterocycles. The molecule has 4 rings (SSSR count). The highest BCUT2D eigenvalue weighted by Crippen LogP contribution is 2.24. The van der Waals surface area contributed by atoms with Gasteiger partial charge in [-0.05, 0) is 39.0 Å². The molecule has 0 radical (unpaired) electrons. The van der Waals surface area contributed by atoms with Crippen molar-refractivity contribution in [3.8, 4) is 0 Å². The van der Waals surface area contributed by atoms with Crippen LogP contribution in [0.1, 0.15) is 35.6 Å². The van der Waals surface area contributed by atoms with Crippen LogP contribution in [0, 0.1) is 6.92 Å². The Morgan fingerprint density at radius 2 is 2.10 bits per heavy atom. The van der Waals surface area contributed by atoms with E-state index >= 15 is 0 Å². The number of hydrogen-bond acceptors (Lipinski definition) is 5. The Kier molecular flexibility index (Phi) is 5.10. The van der Waals surface area contributed by atoms with Crippen molar-refractivity contribution in [1.29, 1.82) is 0 Å². The smallest absolute Gasteiger partial charge is 0.255 e. The van der Waals surface area contributed by atoms with Crippen molar-refractivity contribution < 1.29 is 14.3 Å². The average Bonchev–Trinajstić information content (AvgIpc) is 3.20. The van der Waals surface area contributed by atoms with Gasteiger partial charge in [0.15, 0.2) is 5.79 Å². The molecule has 0 unspecified atom stereocenters. The van der Waals surface area contributed by atoms with Gasteiger partial charge in [0.25, 0.3) is 5.91 Å².